The van der Waals surface area contributed by atoms with Crippen molar-refractivity contribution in [1.82, 2.24) is 5.32 Å². The van der Waals surface area contributed by atoms with Crippen molar-refractivity contribution >= 4 is 11.9 Å². The fourth-order valence-corrected chi connectivity index (χ4v) is 1.83. The smallest absolute Gasteiger partial charge is 0.292 e. The van der Waals surface area contributed by atoms with Crippen LogP contribution in [0.15, 0.2) is 52.1 Å². The number of hydrogen-bond donors (Lipinski definition) is 1. The van der Waals surface area contributed by atoms with E-state index < -0.39 is 0 Å². The molecule has 0 spiro atoms. The zero-order chi connectivity index (χ0) is 17.2. The Morgan fingerprint density at radius 1 is 1.21 bits per heavy atom. The number of carbonyl (C=O) groups is 1. The van der Waals surface area contributed by atoms with Gasteiger partial charge in [-0.1, -0.05) is 6.07 Å². The lowest BCUT2D eigenvalue weighted by molar-refractivity contribution is 0.0953. The molecule has 0 saturated carbocycles. The Labute approximate surface area is 140 Å². The van der Waals surface area contributed by atoms with Gasteiger partial charge in [-0.15, -0.1) is 0 Å². The first-order valence-electron chi connectivity index (χ1n) is 7.37. The van der Waals surface area contributed by atoms with Crippen molar-refractivity contribution in [3.8, 4) is 5.75 Å². The summed E-state index contributed by atoms with van der Waals surface area (Å²) in [5.74, 6) is 0.917. The van der Waals surface area contributed by atoms with Gasteiger partial charge in [-0.05, 0) is 30.3 Å². The van der Waals surface area contributed by atoms with E-state index in [0.29, 0.717) is 23.7 Å². The van der Waals surface area contributed by atoms with Gasteiger partial charge in [0.25, 0.3) is 11.9 Å². The average molecular weight is 332 g/mol. The molecule has 2 rings (SSSR count). The van der Waals surface area contributed by atoms with Crippen LogP contribution in [0.2, 0.25) is 0 Å². The molecule has 7 heteroatoms. The number of methoxy groups -OCH3 is 2. The predicted octanol–water partition coefficient (Wildman–Crippen LogP) is 2.24. The molecule has 2 aromatic rings. The Hall–Kier alpha value is -2.80. The third-order valence-electron chi connectivity index (χ3n) is 3.04. The normalized spacial score (nSPS) is 11.2. The summed E-state index contributed by atoms with van der Waals surface area (Å²) in [7, 11) is 3.11. The molecule has 1 aromatic carbocycles. The SMILES string of the molecule is COCCOC(=NCc1ccco1)NC(=O)c1cccc(OC)c1. The Morgan fingerprint density at radius 2 is 2.08 bits per heavy atom. The van der Waals surface area contributed by atoms with Crippen LogP contribution in [0.3, 0.4) is 0 Å². The number of aliphatic imine (C=N–C) groups is 1. The van der Waals surface area contributed by atoms with E-state index in [1.54, 1.807) is 56.9 Å². The van der Waals surface area contributed by atoms with Crippen molar-refractivity contribution in [1.29, 1.82) is 0 Å². The van der Waals surface area contributed by atoms with E-state index in [-0.39, 0.29) is 25.1 Å². The number of amidine groups is 1. The van der Waals surface area contributed by atoms with Gasteiger partial charge in [-0.2, -0.15) is 0 Å². The van der Waals surface area contributed by atoms with Crippen molar-refractivity contribution in [2.24, 2.45) is 4.99 Å². The maximum Gasteiger partial charge on any atom is 0.292 e. The molecule has 0 aliphatic rings. The van der Waals surface area contributed by atoms with Gasteiger partial charge in [0.1, 0.15) is 24.7 Å². The van der Waals surface area contributed by atoms with Crippen LogP contribution in [0.5, 0.6) is 5.75 Å². The summed E-state index contributed by atoms with van der Waals surface area (Å²) in [6.45, 7) is 0.911. The number of benzene rings is 1. The monoisotopic (exact) mass is 332 g/mol. The topological polar surface area (TPSA) is 82.3 Å². The molecule has 7 nitrogen and oxygen atoms in total. The van der Waals surface area contributed by atoms with E-state index in [0.717, 1.165) is 0 Å². The predicted molar refractivity (Wildman–Crippen MR) is 88.1 cm³/mol. The van der Waals surface area contributed by atoms with E-state index in [1.807, 2.05) is 0 Å². The molecule has 0 aliphatic heterocycles. The third kappa shape index (κ3) is 5.44. The van der Waals surface area contributed by atoms with Gasteiger partial charge in [0, 0.05) is 12.7 Å². The molecule has 0 bridgehead atoms. The highest BCUT2D eigenvalue weighted by molar-refractivity contribution is 6.04. The van der Waals surface area contributed by atoms with Crippen LogP contribution in [-0.4, -0.2) is 39.4 Å². The molecule has 0 unspecified atom stereocenters. The molecular weight excluding hydrogens is 312 g/mol. The number of hydrogen-bond acceptors (Lipinski definition) is 6. The highest BCUT2D eigenvalue weighted by Gasteiger charge is 2.11. The molecule has 1 aromatic heterocycles. The molecular formula is C17H20N2O5. The van der Waals surface area contributed by atoms with Crippen molar-refractivity contribution in [2.75, 3.05) is 27.4 Å². The second-order valence-corrected chi connectivity index (χ2v) is 4.73. The lowest BCUT2D eigenvalue weighted by atomic mass is 10.2. The molecule has 0 atom stereocenters. The van der Waals surface area contributed by atoms with Crippen LogP contribution >= 0.6 is 0 Å². The van der Waals surface area contributed by atoms with Gasteiger partial charge >= 0.3 is 0 Å². The van der Waals surface area contributed by atoms with E-state index in [4.69, 9.17) is 18.6 Å². The van der Waals surface area contributed by atoms with E-state index in [1.165, 1.54) is 0 Å². The summed E-state index contributed by atoms with van der Waals surface area (Å²) >= 11 is 0. The van der Waals surface area contributed by atoms with Crippen LogP contribution < -0.4 is 10.1 Å². The molecule has 0 aliphatic carbocycles. The second kappa shape index (κ2) is 9.36. The third-order valence-corrected chi connectivity index (χ3v) is 3.04. The van der Waals surface area contributed by atoms with E-state index in [9.17, 15) is 4.79 Å². The minimum atomic E-state index is -0.343. The van der Waals surface area contributed by atoms with Gasteiger partial charge in [0.2, 0.25) is 0 Å². The van der Waals surface area contributed by atoms with E-state index >= 15 is 0 Å². The van der Waals surface area contributed by atoms with Crippen LogP contribution in [-0.2, 0) is 16.0 Å². The minimum absolute atomic E-state index is 0.108. The van der Waals surface area contributed by atoms with Crippen LogP contribution in [0.1, 0.15) is 16.1 Å². The molecule has 1 heterocycles. The first kappa shape index (κ1) is 17.6. The molecule has 1 N–H and O–H groups in total. The van der Waals surface area contributed by atoms with Crippen molar-refractivity contribution in [3.05, 3.63) is 54.0 Å². The molecule has 1 amide bonds. The molecule has 128 valence electrons. The first-order valence-corrected chi connectivity index (χ1v) is 7.37. The Kier molecular flexibility index (Phi) is 6.85. The zero-order valence-corrected chi connectivity index (χ0v) is 13.7. The largest absolute Gasteiger partial charge is 0.497 e. The van der Waals surface area contributed by atoms with Crippen LogP contribution in [0, 0.1) is 0 Å². The summed E-state index contributed by atoms with van der Waals surface area (Å²) in [4.78, 5) is 16.6. The molecule has 0 saturated heterocycles. The number of nitrogens with one attached hydrogen (secondary N) is 1. The molecule has 24 heavy (non-hydrogen) atoms. The Morgan fingerprint density at radius 3 is 2.79 bits per heavy atom. The Balaban J connectivity index is 2.04. The maximum absolute atomic E-state index is 12.3. The zero-order valence-electron chi connectivity index (χ0n) is 13.7. The van der Waals surface area contributed by atoms with Crippen LogP contribution in [0.25, 0.3) is 0 Å². The number of carbonyl (C=O) groups excluding carboxylic acids is 1. The van der Waals surface area contributed by atoms with Crippen molar-refractivity contribution < 1.29 is 23.4 Å². The average Bonchev–Trinajstić information content (AvgIpc) is 3.13. The minimum Gasteiger partial charge on any atom is -0.497 e. The second-order valence-electron chi connectivity index (χ2n) is 4.73. The van der Waals surface area contributed by atoms with Crippen LogP contribution in [0.4, 0.5) is 0 Å². The van der Waals surface area contributed by atoms with Gasteiger partial charge in [0.05, 0.1) is 20.0 Å². The summed E-state index contributed by atoms with van der Waals surface area (Å²) in [6, 6.07) is 10.5. The standard InChI is InChI=1S/C17H20N2O5/c1-21-9-10-24-17(18-12-15-7-4-8-23-15)19-16(20)13-5-3-6-14(11-13)22-2/h3-8,11H,9-10,12H2,1-2H3,(H,18,19,20). The highest BCUT2D eigenvalue weighted by Crippen LogP contribution is 2.12. The van der Waals surface area contributed by atoms with Crippen molar-refractivity contribution in [2.45, 2.75) is 6.54 Å². The molecule has 0 radical (unpaired) electrons. The van der Waals surface area contributed by atoms with Gasteiger partial charge in [-0.3, -0.25) is 10.1 Å². The number of nitrogens with zero attached hydrogens (tertiary/aromatic N) is 1. The fraction of sp³-hybridized carbons (Fsp3) is 0.294. The number of ether oxygens (including phenoxy) is 3. The quantitative estimate of drug-likeness (QED) is 0.478. The summed E-state index contributed by atoms with van der Waals surface area (Å²) in [5.41, 5.74) is 0.440. The fourth-order valence-electron chi connectivity index (χ4n) is 1.83. The van der Waals surface area contributed by atoms with Crippen molar-refractivity contribution in [3.63, 3.8) is 0 Å². The number of rotatable bonds is 7. The number of amides is 1. The lowest BCUT2D eigenvalue weighted by Gasteiger charge is -2.11. The molecule has 0 fully saturated rings. The summed E-state index contributed by atoms with van der Waals surface area (Å²) in [5, 5.41) is 2.64. The first-order chi connectivity index (χ1) is 11.7. The summed E-state index contributed by atoms with van der Waals surface area (Å²) < 4.78 is 20.7. The maximum atomic E-state index is 12.3. The van der Waals surface area contributed by atoms with E-state index in [2.05, 4.69) is 10.3 Å². The number of furan rings is 1. The Bertz CT molecular complexity index is 667. The lowest BCUT2D eigenvalue weighted by Crippen LogP contribution is -2.33. The van der Waals surface area contributed by atoms with Gasteiger partial charge < -0.3 is 18.6 Å². The van der Waals surface area contributed by atoms with Gasteiger partial charge in [-0.25, -0.2) is 4.99 Å². The summed E-state index contributed by atoms with van der Waals surface area (Å²) in [6.07, 6.45) is 1.56. The highest BCUT2D eigenvalue weighted by atomic mass is 16.5. The van der Waals surface area contributed by atoms with Gasteiger partial charge in [0.15, 0.2) is 0 Å².